The van der Waals surface area contributed by atoms with Gasteiger partial charge in [-0.15, -0.1) is 0 Å². The second kappa shape index (κ2) is 6.79. The molecule has 0 radical (unpaired) electrons. The standard InChI is InChI=1S/C21H20N2O4/c1-13(15-7-8-18-19(11-15)27-12-26-18)22-20(24)9-10-23-14(2)16-5-3-4-6-17(16)21(23)25/h3-8,11,13H,2,9-10,12H2,1H3,(H,22,24)/t13-/m0/s1. The van der Waals surface area contributed by atoms with Crippen LogP contribution < -0.4 is 14.8 Å². The van der Waals surface area contributed by atoms with E-state index in [9.17, 15) is 9.59 Å². The molecule has 1 atom stereocenters. The Morgan fingerprint density at radius 1 is 1.19 bits per heavy atom. The highest BCUT2D eigenvalue weighted by atomic mass is 16.7. The Kier molecular flexibility index (Phi) is 4.32. The van der Waals surface area contributed by atoms with Gasteiger partial charge >= 0.3 is 0 Å². The van der Waals surface area contributed by atoms with Crippen molar-refractivity contribution in [3.8, 4) is 11.5 Å². The third kappa shape index (κ3) is 3.14. The summed E-state index contributed by atoms with van der Waals surface area (Å²) in [6, 6.07) is 12.8. The second-order valence-electron chi connectivity index (χ2n) is 6.60. The maximum atomic E-state index is 12.5. The Morgan fingerprint density at radius 2 is 1.93 bits per heavy atom. The van der Waals surface area contributed by atoms with E-state index in [4.69, 9.17) is 9.47 Å². The molecule has 2 aromatic rings. The van der Waals surface area contributed by atoms with E-state index >= 15 is 0 Å². The van der Waals surface area contributed by atoms with Crippen molar-refractivity contribution in [2.24, 2.45) is 0 Å². The second-order valence-corrected chi connectivity index (χ2v) is 6.60. The molecule has 0 fully saturated rings. The van der Waals surface area contributed by atoms with Gasteiger partial charge in [0.2, 0.25) is 12.7 Å². The van der Waals surface area contributed by atoms with Crippen molar-refractivity contribution >= 4 is 17.5 Å². The highest BCUT2D eigenvalue weighted by Gasteiger charge is 2.30. The lowest BCUT2D eigenvalue weighted by molar-refractivity contribution is -0.121. The van der Waals surface area contributed by atoms with Gasteiger partial charge in [0, 0.05) is 29.8 Å². The molecule has 0 unspecified atom stereocenters. The number of carbonyl (C=O) groups is 2. The number of hydrogen-bond acceptors (Lipinski definition) is 4. The lowest BCUT2D eigenvalue weighted by atomic mass is 10.1. The van der Waals surface area contributed by atoms with Crippen molar-refractivity contribution in [1.82, 2.24) is 10.2 Å². The molecule has 2 aromatic carbocycles. The van der Waals surface area contributed by atoms with E-state index in [0.717, 1.165) is 11.1 Å². The monoisotopic (exact) mass is 364 g/mol. The zero-order valence-electron chi connectivity index (χ0n) is 15.0. The summed E-state index contributed by atoms with van der Waals surface area (Å²) in [5.74, 6) is 1.16. The molecule has 1 N–H and O–H groups in total. The number of hydrogen-bond donors (Lipinski definition) is 1. The first kappa shape index (κ1) is 17.1. The number of amides is 2. The Balaban J connectivity index is 1.35. The lowest BCUT2D eigenvalue weighted by Crippen LogP contribution is -2.32. The highest BCUT2D eigenvalue weighted by Crippen LogP contribution is 2.34. The van der Waals surface area contributed by atoms with Crippen LogP contribution in [0, 0.1) is 0 Å². The molecule has 0 aliphatic carbocycles. The van der Waals surface area contributed by atoms with Crippen LogP contribution in [-0.4, -0.2) is 30.1 Å². The molecular formula is C21H20N2O4. The van der Waals surface area contributed by atoms with E-state index in [1.807, 2.05) is 43.3 Å². The molecule has 0 spiro atoms. The number of fused-ring (bicyclic) bond motifs is 2. The average Bonchev–Trinajstić information content (AvgIpc) is 3.23. The maximum Gasteiger partial charge on any atom is 0.258 e. The Morgan fingerprint density at radius 3 is 2.70 bits per heavy atom. The molecule has 2 aliphatic heterocycles. The van der Waals surface area contributed by atoms with Gasteiger partial charge in [-0.25, -0.2) is 0 Å². The number of carbonyl (C=O) groups excluding carboxylic acids is 2. The summed E-state index contributed by atoms with van der Waals surface area (Å²) >= 11 is 0. The zero-order valence-corrected chi connectivity index (χ0v) is 15.0. The third-order valence-corrected chi connectivity index (χ3v) is 4.88. The average molecular weight is 364 g/mol. The van der Waals surface area contributed by atoms with Crippen LogP contribution in [0.1, 0.15) is 40.9 Å². The molecule has 27 heavy (non-hydrogen) atoms. The Hall–Kier alpha value is -3.28. The Labute approximate surface area is 157 Å². The van der Waals surface area contributed by atoms with Gasteiger partial charge in [-0.1, -0.05) is 30.8 Å². The van der Waals surface area contributed by atoms with Crippen LogP contribution in [0.3, 0.4) is 0 Å². The van der Waals surface area contributed by atoms with Gasteiger partial charge in [-0.2, -0.15) is 0 Å². The molecule has 2 amide bonds. The fraction of sp³-hybridized carbons (Fsp3) is 0.238. The van der Waals surface area contributed by atoms with Crippen molar-refractivity contribution in [2.45, 2.75) is 19.4 Å². The number of nitrogens with zero attached hydrogens (tertiary/aromatic N) is 1. The van der Waals surface area contributed by atoms with Crippen LogP contribution in [0.5, 0.6) is 11.5 Å². The molecule has 4 rings (SSSR count). The molecular weight excluding hydrogens is 344 g/mol. The molecule has 6 heteroatoms. The van der Waals surface area contributed by atoms with Gasteiger partial charge in [0.15, 0.2) is 11.5 Å². The number of rotatable bonds is 5. The molecule has 0 saturated carbocycles. The summed E-state index contributed by atoms with van der Waals surface area (Å²) in [4.78, 5) is 26.4. The van der Waals surface area contributed by atoms with Crippen molar-refractivity contribution in [3.05, 3.63) is 65.7 Å². The van der Waals surface area contributed by atoms with Crippen molar-refractivity contribution < 1.29 is 19.1 Å². The van der Waals surface area contributed by atoms with E-state index in [1.165, 1.54) is 0 Å². The number of benzene rings is 2. The number of ether oxygens (including phenoxy) is 2. The van der Waals surface area contributed by atoms with Gasteiger partial charge in [-0.05, 0) is 30.7 Å². The molecule has 0 saturated heterocycles. The lowest BCUT2D eigenvalue weighted by Gasteiger charge is -2.19. The number of nitrogens with one attached hydrogen (secondary N) is 1. The Bertz CT molecular complexity index is 903. The van der Waals surface area contributed by atoms with Gasteiger partial charge in [-0.3, -0.25) is 9.59 Å². The summed E-state index contributed by atoms with van der Waals surface area (Å²) in [6.45, 7) is 6.42. The SMILES string of the molecule is C=C1c2ccccc2C(=O)N1CCC(=O)N[C@@H](C)c1ccc2c(c1)OCO2. The topological polar surface area (TPSA) is 67.9 Å². The largest absolute Gasteiger partial charge is 0.454 e. The molecule has 6 nitrogen and oxygen atoms in total. The summed E-state index contributed by atoms with van der Waals surface area (Å²) in [7, 11) is 0. The minimum Gasteiger partial charge on any atom is -0.454 e. The van der Waals surface area contributed by atoms with E-state index in [1.54, 1.807) is 11.0 Å². The fourth-order valence-electron chi connectivity index (χ4n) is 3.36. The predicted molar refractivity (Wildman–Crippen MR) is 100 cm³/mol. The molecule has 2 heterocycles. The van der Waals surface area contributed by atoms with Crippen LogP contribution in [0.25, 0.3) is 5.70 Å². The van der Waals surface area contributed by atoms with Crippen LogP contribution in [0.4, 0.5) is 0 Å². The van der Waals surface area contributed by atoms with Crippen molar-refractivity contribution in [3.63, 3.8) is 0 Å². The first-order chi connectivity index (χ1) is 13.0. The van der Waals surface area contributed by atoms with E-state index in [2.05, 4.69) is 11.9 Å². The predicted octanol–water partition coefficient (Wildman–Crippen LogP) is 3.11. The van der Waals surface area contributed by atoms with Gasteiger partial charge in [0.25, 0.3) is 5.91 Å². The first-order valence-electron chi connectivity index (χ1n) is 8.83. The zero-order chi connectivity index (χ0) is 19.0. The summed E-state index contributed by atoms with van der Waals surface area (Å²) < 4.78 is 10.7. The van der Waals surface area contributed by atoms with Gasteiger partial charge in [0.1, 0.15) is 0 Å². The molecule has 138 valence electrons. The minimum atomic E-state index is -0.179. The van der Waals surface area contributed by atoms with E-state index < -0.39 is 0 Å². The summed E-state index contributed by atoms with van der Waals surface area (Å²) in [5, 5.41) is 2.96. The smallest absolute Gasteiger partial charge is 0.258 e. The van der Waals surface area contributed by atoms with Crippen LogP contribution in [0.15, 0.2) is 49.0 Å². The minimum absolute atomic E-state index is 0.104. The maximum absolute atomic E-state index is 12.5. The summed E-state index contributed by atoms with van der Waals surface area (Å²) in [6.07, 6.45) is 0.202. The normalized spacial score (nSPS) is 15.7. The van der Waals surface area contributed by atoms with Crippen LogP contribution in [0.2, 0.25) is 0 Å². The van der Waals surface area contributed by atoms with Crippen molar-refractivity contribution in [2.75, 3.05) is 13.3 Å². The van der Waals surface area contributed by atoms with Crippen LogP contribution >= 0.6 is 0 Å². The highest BCUT2D eigenvalue weighted by molar-refractivity contribution is 6.08. The molecule has 2 aliphatic rings. The van der Waals surface area contributed by atoms with Crippen LogP contribution in [-0.2, 0) is 4.79 Å². The molecule has 0 aromatic heterocycles. The van der Waals surface area contributed by atoms with Gasteiger partial charge in [0.05, 0.1) is 6.04 Å². The van der Waals surface area contributed by atoms with Crippen molar-refractivity contribution in [1.29, 1.82) is 0 Å². The summed E-state index contributed by atoms with van der Waals surface area (Å²) in [5.41, 5.74) is 3.04. The molecule has 0 bridgehead atoms. The van der Waals surface area contributed by atoms with E-state index in [-0.39, 0.29) is 31.1 Å². The quantitative estimate of drug-likeness (QED) is 0.885. The third-order valence-electron chi connectivity index (χ3n) is 4.88. The van der Waals surface area contributed by atoms with E-state index in [0.29, 0.717) is 29.3 Å². The fourth-order valence-corrected chi connectivity index (χ4v) is 3.36. The van der Waals surface area contributed by atoms with Gasteiger partial charge < -0.3 is 19.7 Å². The first-order valence-corrected chi connectivity index (χ1v) is 8.83.